The van der Waals surface area contributed by atoms with Crippen molar-refractivity contribution in [2.45, 2.75) is 19.8 Å². The molecule has 3 N–H and O–H groups in total. The molecule has 1 aromatic rings. The van der Waals surface area contributed by atoms with Gasteiger partial charge in [-0.05, 0) is 30.7 Å². The highest BCUT2D eigenvalue weighted by atomic mass is 16.5. The quantitative estimate of drug-likeness (QED) is 0.280. The van der Waals surface area contributed by atoms with Gasteiger partial charge in [0.2, 0.25) is 0 Å². The maximum atomic E-state index is 11.2. The van der Waals surface area contributed by atoms with Crippen LogP contribution in [-0.2, 0) is 9.47 Å². The van der Waals surface area contributed by atoms with Crippen molar-refractivity contribution in [2.24, 2.45) is 5.84 Å². The summed E-state index contributed by atoms with van der Waals surface area (Å²) in [5, 5.41) is 0. The Morgan fingerprint density at radius 1 is 1.05 bits per heavy atom. The van der Waals surface area contributed by atoms with E-state index in [-0.39, 0.29) is 5.91 Å². The number of nitrogens with one attached hydrogen (secondary N) is 1. The largest absolute Gasteiger partial charge is 0.491 e. The fourth-order valence-electron chi connectivity index (χ4n) is 1.57. The third kappa shape index (κ3) is 7.65. The van der Waals surface area contributed by atoms with Gasteiger partial charge in [0.05, 0.1) is 19.8 Å². The second-order valence-electron chi connectivity index (χ2n) is 4.42. The number of benzene rings is 1. The minimum absolute atomic E-state index is 0.326. The number of ether oxygens (including phenoxy) is 3. The first-order chi connectivity index (χ1) is 10.3. The second-order valence-corrected chi connectivity index (χ2v) is 4.42. The molecule has 0 bridgehead atoms. The number of nitrogen functional groups attached to an aromatic ring is 1. The van der Waals surface area contributed by atoms with E-state index in [2.05, 4.69) is 12.3 Å². The number of hydrogen-bond acceptors (Lipinski definition) is 5. The molecule has 0 aliphatic carbocycles. The smallest absolute Gasteiger partial charge is 0.265 e. The van der Waals surface area contributed by atoms with E-state index >= 15 is 0 Å². The molecule has 1 amide bonds. The van der Waals surface area contributed by atoms with Crippen LogP contribution in [0, 0.1) is 0 Å². The van der Waals surface area contributed by atoms with Crippen molar-refractivity contribution in [3.05, 3.63) is 29.8 Å². The van der Waals surface area contributed by atoms with E-state index < -0.39 is 0 Å². The highest BCUT2D eigenvalue weighted by molar-refractivity contribution is 5.93. The van der Waals surface area contributed by atoms with E-state index in [1.807, 2.05) is 0 Å². The molecular formula is C15H24N2O4. The molecule has 118 valence electrons. The summed E-state index contributed by atoms with van der Waals surface area (Å²) in [5.74, 6) is 5.41. The van der Waals surface area contributed by atoms with Gasteiger partial charge in [0.1, 0.15) is 12.4 Å². The van der Waals surface area contributed by atoms with Gasteiger partial charge >= 0.3 is 0 Å². The number of carbonyl (C=O) groups excluding carboxylic acids is 1. The summed E-state index contributed by atoms with van der Waals surface area (Å²) in [6, 6.07) is 6.75. The number of hydrazine groups is 1. The predicted octanol–water partition coefficient (Wildman–Crippen LogP) is 1.50. The first-order valence-electron chi connectivity index (χ1n) is 7.17. The van der Waals surface area contributed by atoms with E-state index in [0.29, 0.717) is 37.7 Å². The van der Waals surface area contributed by atoms with Gasteiger partial charge in [0.15, 0.2) is 0 Å². The summed E-state index contributed by atoms with van der Waals surface area (Å²) < 4.78 is 16.2. The number of nitrogens with two attached hydrogens (primary N) is 1. The average Bonchev–Trinajstić information content (AvgIpc) is 2.53. The lowest BCUT2D eigenvalue weighted by Gasteiger charge is -2.08. The van der Waals surface area contributed by atoms with Gasteiger partial charge in [-0.15, -0.1) is 0 Å². The Kier molecular flexibility index (Phi) is 9.19. The topological polar surface area (TPSA) is 82.8 Å². The van der Waals surface area contributed by atoms with Crippen molar-refractivity contribution in [1.82, 2.24) is 5.43 Å². The maximum Gasteiger partial charge on any atom is 0.265 e. The number of rotatable bonds is 11. The van der Waals surface area contributed by atoms with Crippen LogP contribution in [0.3, 0.4) is 0 Å². The Morgan fingerprint density at radius 2 is 1.67 bits per heavy atom. The third-order valence-corrected chi connectivity index (χ3v) is 2.76. The van der Waals surface area contributed by atoms with E-state index in [1.165, 1.54) is 0 Å². The monoisotopic (exact) mass is 296 g/mol. The predicted molar refractivity (Wildman–Crippen MR) is 80.1 cm³/mol. The number of amides is 1. The van der Waals surface area contributed by atoms with E-state index in [1.54, 1.807) is 24.3 Å². The Hall–Kier alpha value is -1.63. The van der Waals surface area contributed by atoms with Crippen LogP contribution < -0.4 is 16.0 Å². The van der Waals surface area contributed by atoms with Crippen molar-refractivity contribution in [2.75, 3.05) is 33.0 Å². The standard InChI is InChI=1S/C15H24N2O4/c1-2-3-8-19-9-10-20-11-12-21-14-6-4-13(5-7-14)15(18)17-16/h4-7H,2-3,8-12,16H2,1H3,(H,17,18). The van der Waals surface area contributed by atoms with Crippen molar-refractivity contribution in [3.63, 3.8) is 0 Å². The van der Waals surface area contributed by atoms with Gasteiger partial charge in [-0.3, -0.25) is 10.2 Å². The van der Waals surface area contributed by atoms with Gasteiger partial charge in [-0.1, -0.05) is 13.3 Å². The van der Waals surface area contributed by atoms with Crippen LogP contribution >= 0.6 is 0 Å². The summed E-state index contributed by atoms with van der Waals surface area (Å²) in [7, 11) is 0. The lowest BCUT2D eigenvalue weighted by Crippen LogP contribution is -2.29. The van der Waals surface area contributed by atoms with E-state index in [0.717, 1.165) is 19.4 Å². The molecule has 6 nitrogen and oxygen atoms in total. The minimum atomic E-state index is -0.326. The van der Waals surface area contributed by atoms with E-state index in [9.17, 15) is 4.79 Å². The first kappa shape index (κ1) is 17.4. The highest BCUT2D eigenvalue weighted by Crippen LogP contribution is 2.11. The molecular weight excluding hydrogens is 272 g/mol. The lowest BCUT2D eigenvalue weighted by molar-refractivity contribution is 0.0356. The van der Waals surface area contributed by atoms with E-state index in [4.69, 9.17) is 20.1 Å². The molecule has 0 atom stereocenters. The van der Waals surface area contributed by atoms with Gasteiger partial charge in [-0.2, -0.15) is 0 Å². The van der Waals surface area contributed by atoms with Gasteiger partial charge < -0.3 is 14.2 Å². The Balaban J connectivity index is 2.06. The van der Waals surface area contributed by atoms with Crippen LogP contribution in [0.2, 0.25) is 0 Å². The lowest BCUT2D eigenvalue weighted by atomic mass is 10.2. The average molecular weight is 296 g/mol. The summed E-state index contributed by atoms with van der Waals surface area (Å²) in [4.78, 5) is 11.2. The van der Waals surface area contributed by atoms with Crippen molar-refractivity contribution in [1.29, 1.82) is 0 Å². The van der Waals surface area contributed by atoms with Crippen molar-refractivity contribution >= 4 is 5.91 Å². The van der Waals surface area contributed by atoms with Crippen LogP contribution in [0.5, 0.6) is 5.75 Å². The SMILES string of the molecule is CCCCOCCOCCOc1ccc(C(=O)NN)cc1. The van der Waals surface area contributed by atoms with Crippen molar-refractivity contribution in [3.8, 4) is 5.75 Å². The zero-order valence-electron chi connectivity index (χ0n) is 12.5. The maximum absolute atomic E-state index is 11.2. The fraction of sp³-hybridized carbons (Fsp3) is 0.533. The molecule has 0 aromatic heterocycles. The molecule has 0 saturated carbocycles. The number of carbonyl (C=O) groups is 1. The summed E-state index contributed by atoms with van der Waals surface area (Å²) in [6.07, 6.45) is 2.22. The van der Waals surface area contributed by atoms with Crippen LogP contribution in [0.25, 0.3) is 0 Å². The molecule has 6 heteroatoms. The molecule has 1 aromatic carbocycles. The van der Waals surface area contributed by atoms with Crippen molar-refractivity contribution < 1.29 is 19.0 Å². The molecule has 0 fully saturated rings. The Bertz CT molecular complexity index is 395. The molecule has 0 saturated heterocycles. The zero-order chi connectivity index (χ0) is 15.3. The Labute approximate surface area is 125 Å². The molecule has 0 radical (unpaired) electrons. The normalized spacial score (nSPS) is 10.4. The minimum Gasteiger partial charge on any atom is -0.491 e. The van der Waals surface area contributed by atoms with Gasteiger partial charge in [-0.25, -0.2) is 5.84 Å². The van der Waals surface area contributed by atoms with Gasteiger partial charge in [0.25, 0.3) is 5.91 Å². The number of unbranched alkanes of at least 4 members (excludes halogenated alkanes) is 1. The fourth-order valence-corrected chi connectivity index (χ4v) is 1.57. The molecule has 0 unspecified atom stereocenters. The van der Waals surface area contributed by atoms with Gasteiger partial charge in [0, 0.05) is 12.2 Å². The summed E-state index contributed by atoms with van der Waals surface area (Å²) in [5.41, 5.74) is 2.56. The summed E-state index contributed by atoms with van der Waals surface area (Å²) >= 11 is 0. The summed E-state index contributed by atoms with van der Waals surface area (Å²) in [6.45, 7) is 5.07. The van der Waals surface area contributed by atoms with Crippen LogP contribution in [0.1, 0.15) is 30.1 Å². The van der Waals surface area contributed by atoms with Crippen LogP contribution in [0.15, 0.2) is 24.3 Å². The molecule has 21 heavy (non-hydrogen) atoms. The van der Waals surface area contributed by atoms with Crippen LogP contribution in [-0.4, -0.2) is 38.9 Å². The molecule has 0 spiro atoms. The third-order valence-electron chi connectivity index (χ3n) is 2.76. The Morgan fingerprint density at radius 3 is 2.29 bits per heavy atom. The molecule has 0 aliphatic rings. The second kappa shape index (κ2) is 11.1. The highest BCUT2D eigenvalue weighted by Gasteiger charge is 2.02. The first-order valence-corrected chi connectivity index (χ1v) is 7.17. The number of hydrogen-bond donors (Lipinski definition) is 2. The van der Waals surface area contributed by atoms with Crippen LogP contribution in [0.4, 0.5) is 0 Å². The molecule has 0 aliphatic heterocycles. The molecule has 0 heterocycles. The molecule has 1 rings (SSSR count). The zero-order valence-corrected chi connectivity index (χ0v) is 12.5.